The van der Waals surface area contributed by atoms with E-state index < -0.39 is 5.53 Å². The Bertz CT molecular complexity index is 282. The molecule has 1 saturated heterocycles. The second kappa shape index (κ2) is 2.94. The molecule has 1 aromatic carbocycles. The van der Waals surface area contributed by atoms with Crippen molar-refractivity contribution >= 4 is 8.46 Å². The summed E-state index contributed by atoms with van der Waals surface area (Å²) in [6, 6.07) is 9.24. The van der Waals surface area contributed by atoms with Crippen LogP contribution in [-0.4, -0.2) is 6.79 Å². The lowest BCUT2D eigenvalue weighted by atomic mass is 10.2. The number of rotatable bonds is 2. The van der Waals surface area contributed by atoms with E-state index in [1.54, 1.807) is 0 Å². The summed E-state index contributed by atoms with van der Waals surface area (Å²) < 4.78 is 21.0. The summed E-state index contributed by atoms with van der Waals surface area (Å²) in [5.41, 5.74) is -0.241. The van der Waals surface area contributed by atoms with Crippen LogP contribution in [0.5, 0.6) is 0 Å². The third kappa shape index (κ3) is 1.07. The maximum Gasteiger partial charge on any atom is 0.282 e. The van der Waals surface area contributed by atoms with Crippen LogP contribution in [0, 0.1) is 0 Å². The van der Waals surface area contributed by atoms with Crippen LogP contribution >= 0.6 is 8.46 Å². The third-order valence-corrected chi connectivity index (χ3v) is 2.52. The van der Waals surface area contributed by atoms with Crippen molar-refractivity contribution in [3.8, 4) is 0 Å². The topological polar surface area (TPSA) is 35.5 Å². The Balaban J connectivity index is 2.34. The van der Waals surface area contributed by atoms with Crippen molar-refractivity contribution in [2.24, 2.45) is 0 Å². The number of benzene rings is 1. The first-order chi connectivity index (χ1) is 5.87. The largest absolute Gasteiger partial charge is 0.309 e. The van der Waals surface area contributed by atoms with Gasteiger partial charge in [0.1, 0.15) is 0 Å². The maximum atomic E-state index is 10.8. The molecule has 0 bridgehead atoms. The van der Waals surface area contributed by atoms with E-state index in [0.29, 0.717) is 0 Å². The van der Waals surface area contributed by atoms with Crippen LogP contribution in [0.15, 0.2) is 30.3 Å². The van der Waals surface area contributed by atoms with Crippen molar-refractivity contribution in [1.82, 2.24) is 0 Å². The molecule has 0 aromatic heterocycles. The highest BCUT2D eigenvalue weighted by molar-refractivity contribution is 7.25. The van der Waals surface area contributed by atoms with E-state index in [1.165, 1.54) is 0 Å². The minimum absolute atomic E-state index is 0.155. The van der Waals surface area contributed by atoms with Gasteiger partial charge in [-0.05, 0) is 0 Å². The van der Waals surface area contributed by atoms with Gasteiger partial charge in [-0.3, -0.25) is 4.57 Å². The second-order valence-electron chi connectivity index (χ2n) is 2.45. The van der Waals surface area contributed by atoms with Crippen LogP contribution in [0.4, 0.5) is 0 Å². The van der Waals surface area contributed by atoms with E-state index >= 15 is 0 Å². The summed E-state index contributed by atoms with van der Waals surface area (Å²) in [6.07, 6.45) is 0. The highest BCUT2D eigenvalue weighted by atomic mass is 31.1. The summed E-state index contributed by atoms with van der Waals surface area (Å²) in [6.45, 7) is 0.212. The van der Waals surface area contributed by atoms with Crippen molar-refractivity contribution in [2.75, 3.05) is 6.79 Å². The molecule has 0 unspecified atom stereocenters. The van der Waals surface area contributed by atoms with Gasteiger partial charge < -0.3 is 9.47 Å². The summed E-state index contributed by atoms with van der Waals surface area (Å²) in [5, 5.41) is 0. The fraction of sp³-hybridized carbons (Fsp3) is 0.250. The Morgan fingerprint density at radius 3 is 2.33 bits per heavy atom. The smallest absolute Gasteiger partial charge is 0.282 e. The zero-order valence-electron chi connectivity index (χ0n) is 6.27. The van der Waals surface area contributed by atoms with E-state index in [-0.39, 0.29) is 15.3 Å². The minimum atomic E-state index is -1.03. The van der Waals surface area contributed by atoms with Gasteiger partial charge in [0, 0.05) is 5.56 Å². The molecule has 1 aliphatic rings. The highest BCUT2D eigenvalue weighted by Crippen LogP contribution is 2.43. The molecule has 1 aromatic rings. The van der Waals surface area contributed by atoms with E-state index in [4.69, 9.17) is 9.47 Å². The fourth-order valence-corrected chi connectivity index (χ4v) is 1.56. The van der Waals surface area contributed by atoms with E-state index in [9.17, 15) is 4.57 Å². The lowest BCUT2D eigenvalue weighted by molar-refractivity contribution is -0.357. The molecule has 0 N–H and O–H groups in total. The summed E-state index contributed by atoms with van der Waals surface area (Å²) in [4.78, 5) is 0. The first-order valence-corrected chi connectivity index (χ1v) is 4.36. The Kier molecular flexibility index (Phi) is 1.93. The molecule has 0 amide bonds. The predicted octanol–water partition coefficient (Wildman–Crippen LogP) is 2.09. The van der Waals surface area contributed by atoms with Gasteiger partial charge in [0.2, 0.25) is 8.46 Å². The van der Waals surface area contributed by atoms with Crippen molar-refractivity contribution < 1.29 is 14.0 Å². The Hall–Kier alpha value is -0.760. The molecule has 0 saturated carbocycles. The molecule has 2 rings (SSSR count). The molecule has 1 fully saturated rings. The van der Waals surface area contributed by atoms with Gasteiger partial charge in [-0.25, -0.2) is 0 Å². The summed E-state index contributed by atoms with van der Waals surface area (Å²) >= 11 is 0. The first-order valence-electron chi connectivity index (χ1n) is 3.55. The molecule has 62 valence electrons. The highest BCUT2D eigenvalue weighted by Gasteiger charge is 2.43. The van der Waals surface area contributed by atoms with Crippen LogP contribution in [0.3, 0.4) is 0 Å². The number of ether oxygens (including phenoxy) is 2. The lowest BCUT2D eigenvalue weighted by Crippen LogP contribution is -2.38. The van der Waals surface area contributed by atoms with Gasteiger partial charge in [-0.15, -0.1) is 0 Å². The SMILES string of the molecule is O=PC1(c2ccccc2)OCO1. The molecule has 1 aliphatic heterocycles. The average molecular weight is 182 g/mol. The van der Waals surface area contributed by atoms with Gasteiger partial charge in [0.15, 0.2) is 6.79 Å². The standard InChI is InChI=1S/C8H7O3P/c9-12-8(10-6-11-8)7-4-2-1-3-5-7/h1-5H,6H2. The quantitative estimate of drug-likeness (QED) is 0.657. The molecule has 0 aliphatic carbocycles. The van der Waals surface area contributed by atoms with Gasteiger partial charge in [-0.1, -0.05) is 30.3 Å². The zero-order chi connectivity index (χ0) is 8.44. The Morgan fingerprint density at radius 1 is 1.25 bits per heavy atom. The van der Waals surface area contributed by atoms with Crippen molar-refractivity contribution in [2.45, 2.75) is 5.53 Å². The van der Waals surface area contributed by atoms with Crippen molar-refractivity contribution in [3.63, 3.8) is 0 Å². The van der Waals surface area contributed by atoms with Gasteiger partial charge in [0.05, 0.1) is 0 Å². The van der Waals surface area contributed by atoms with Gasteiger partial charge >= 0.3 is 0 Å². The van der Waals surface area contributed by atoms with E-state index in [1.807, 2.05) is 30.3 Å². The first kappa shape index (κ1) is 7.87. The van der Waals surface area contributed by atoms with Gasteiger partial charge in [-0.2, -0.15) is 0 Å². The molecular formula is C8H7O3P. The van der Waals surface area contributed by atoms with Crippen LogP contribution < -0.4 is 0 Å². The molecule has 0 spiro atoms. The maximum absolute atomic E-state index is 10.8. The molecule has 0 radical (unpaired) electrons. The van der Waals surface area contributed by atoms with Gasteiger partial charge in [0.25, 0.3) is 5.53 Å². The molecule has 1 heterocycles. The zero-order valence-corrected chi connectivity index (χ0v) is 7.16. The average Bonchev–Trinajstić information content (AvgIpc) is 2.05. The lowest BCUT2D eigenvalue weighted by Gasteiger charge is -2.35. The van der Waals surface area contributed by atoms with E-state index in [0.717, 1.165) is 5.56 Å². The third-order valence-electron chi connectivity index (χ3n) is 1.77. The summed E-state index contributed by atoms with van der Waals surface area (Å²) in [5.74, 6) is 0. The fourth-order valence-electron chi connectivity index (χ4n) is 1.09. The minimum Gasteiger partial charge on any atom is -0.309 e. The number of hydrogen-bond acceptors (Lipinski definition) is 3. The molecule has 12 heavy (non-hydrogen) atoms. The molecular weight excluding hydrogens is 175 g/mol. The van der Waals surface area contributed by atoms with Crippen molar-refractivity contribution in [1.29, 1.82) is 0 Å². The van der Waals surface area contributed by atoms with Crippen LogP contribution in [0.25, 0.3) is 0 Å². The Labute approximate surface area is 71.5 Å². The molecule has 0 atom stereocenters. The second-order valence-corrected chi connectivity index (χ2v) is 3.22. The normalized spacial score (nSPS) is 20.3. The molecule has 4 heteroatoms. The monoisotopic (exact) mass is 182 g/mol. The predicted molar refractivity (Wildman–Crippen MR) is 42.8 cm³/mol. The van der Waals surface area contributed by atoms with Crippen LogP contribution in [-0.2, 0) is 19.6 Å². The van der Waals surface area contributed by atoms with E-state index in [2.05, 4.69) is 0 Å². The Morgan fingerprint density at radius 2 is 1.92 bits per heavy atom. The van der Waals surface area contributed by atoms with Crippen LogP contribution in [0.1, 0.15) is 5.56 Å². The molecule has 3 nitrogen and oxygen atoms in total. The van der Waals surface area contributed by atoms with Crippen LogP contribution in [0.2, 0.25) is 0 Å². The van der Waals surface area contributed by atoms with Crippen molar-refractivity contribution in [3.05, 3.63) is 35.9 Å². The summed E-state index contributed by atoms with van der Waals surface area (Å²) in [7, 11) is -0.155. The number of hydrogen-bond donors (Lipinski definition) is 0.